The van der Waals surface area contributed by atoms with E-state index in [4.69, 9.17) is 0 Å². The lowest BCUT2D eigenvalue weighted by Crippen LogP contribution is -2.63. The summed E-state index contributed by atoms with van der Waals surface area (Å²) >= 11 is 0. The molecule has 2 rings (SSSR count). The Hall–Kier alpha value is -1.29. The van der Waals surface area contributed by atoms with Crippen molar-refractivity contribution in [1.82, 2.24) is 9.47 Å². The molecular weight excluding hydrogens is 228 g/mol. The van der Waals surface area contributed by atoms with E-state index in [9.17, 15) is 9.90 Å². The Morgan fingerprint density at radius 3 is 2.72 bits per heavy atom. The van der Waals surface area contributed by atoms with Crippen LogP contribution >= 0.6 is 0 Å². The monoisotopic (exact) mass is 250 g/mol. The highest BCUT2D eigenvalue weighted by Crippen LogP contribution is 2.27. The van der Waals surface area contributed by atoms with Crippen molar-refractivity contribution in [2.45, 2.75) is 45.3 Å². The normalized spacial score (nSPS) is 17.6. The third-order valence-corrected chi connectivity index (χ3v) is 3.49. The smallest absolute Gasteiger partial charge is 0.270 e. The molecule has 0 aliphatic carbocycles. The van der Waals surface area contributed by atoms with Gasteiger partial charge in [-0.25, -0.2) is 0 Å². The molecule has 4 heteroatoms. The van der Waals surface area contributed by atoms with Gasteiger partial charge in [0.25, 0.3) is 5.91 Å². The van der Waals surface area contributed by atoms with E-state index in [1.807, 2.05) is 22.9 Å². The Balaban J connectivity index is 1.99. The Labute approximate surface area is 108 Å². The number of amides is 1. The molecule has 1 aliphatic rings. The van der Waals surface area contributed by atoms with Crippen molar-refractivity contribution in [3.63, 3.8) is 0 Å². The fourth-order valence-electron chi connectivity index (χ4n) is 2.64. The molecular formula is C14H22N2O2. The molecule has 0 unspecified atom stereocenters. The van der Waals surface area contributed by atoms with Crippen molar-refractivity contribution in [2.24, 2.45) is 0 Å². The molecule has 1 saturated heterocycles. The van der Waals surface area contributed by atoms with Gasteiger partial charge < -0.3 is 14.6 Å². The Morgan fingerprint density at radius 1 is 1.39 bits per heavy atom. The highest BCUT2D eigenvalue weighted by atomic mass is 16.3. The maximum Gasteiger partial charge on any atom is 0.270 e. The Morgan fingerprint density at radius 2 is 2.11 bits per heavy atom. The van der Waals surface area contributed by atoms with Gasteiger partial charge in [0, 0.05) is 12.7 Å². The van der Waals surface area contributed by atoms with Crippen LogP contribution in [0.1, 0.15) is 43.6 Å². The van der Waals surface area contributed by atoms with Gasteiger partial charge >= 0.3 is 0 Å². The third-order valence-electron chi connectivity index (χ3n) is 3.49. The molecule has 1 aromatic heterocycles. The van der Waals surface area contributed by atoms with E-state index >= 15 is 0 Å². The van der Waals surface area contributed by atoms with E-state index in [2.05, 4.69) is 13.8 Å². The minimum atomic E-state index is -0.646. The van der Waals surface area contributed by atoms with Gasteiger partial charge in [-0.05, 0) is 25.0 Å². The number of likely N-dealkylation sites (tertiary alicyclic amines) is 1. The number of carbonyl (C=O) groups excluding carboxylic acids is 1. The van der Waals surface area contributed by atoms with Gasteiger partial charge in [-0.1, -0.05) is 20.3 Å². The predicted molar refractivity (Wildman–Crippen MR) is 70.5 cm³/mol. The van der Waals surface area contributed by atoms with Gasteiger partial charge in [-0.2, -0.15) is 0 Å². The minimum Gasteiger partial charge on any atom is -0.386 e. The number of hydrogen-bond acceptors (Lipinski definition) is 2. The quantitative estimate of drug-likeness (QED) is 0.867. The number of carbonyl (C=O) groups is 1. The summed E-state index contributed by atoms with van der Waals surface area (Å²) in [6.07, 6.45) is 4.67. The first-order valence-electron chi connectivity index (χ1n) is 6.76. The average Bonchev–Trinajstić information content (AvgIpc) is 2.74. The molecule has 0 bridgehead atoms. The summed E-state index contributed by atoms with van der Waals surface area (Å²) in [5.74, 6) is 0.0363. The molecule has 18 heavy (non-hydrogen) atoms. The van der Waals surface area contributed by atoms with Crippen molar-refractivity contribution in [3.8, 4) is 0 Å². The van der Waals surface area contributed by atoms with Gasteiger partial charge in [0.2, 0.25) is 0 Å². The van der Waals surface area contributed by atoms with Crippen molar-refractivity contribution < 1.29 is 9.90 Å². The summed E-state index contributed by atoms with van der Waals surface area (Å²) < 4.78 is 1.99. The van der Waals surface area contributed by atoms with Gasteiger partial charge in [0.05, 0.1) is 18.7 Å². The summed E-state index contributed by atoms with van der Waals surface area (Å²) in [7, 11) is 0. The molecule has 1 amide bonds. The average molecular weight is 250 g/mol. The van der Waals surface area contributed by atoms with Gasteiger partial charge in [-0.3, -0.25) is 4.79 Å². The number of β-amino-alcohol motifs (C(OH)–C–C–N with tert-alkyl or cyclic N) is 1. The molecule has 2 heterocycles. The molecule has 0 saturated carbocycles. The van der Waals surface area contributed by atoms with Crippen LogP contribution in [0.5, 0.6) is 0 Å². The van der Waals surface area contributed by atoms with Crippen molar-refractivity contribution in [3.05, 3.63) is 24.0 Å². The maximum atomic E-state index is 12.3. The number of aliphatic hydroxyl groups is 1. The number of rotatable bonds is 5. The van der Waals surface area contributed by atoms with Crippen LogP contribution in [0.2, 0.25) is 0 Å². The summed E-state index contributed by atoms with van der Waals surface area (Å²) in [5, 5.41) is 10.1. The molecule has 0 spiro atoms. The fourth-order valence-corrected chi connectivity index (χ4v) is 2.64. The van der Waals surface area contributed by atoms with Crippen LogP contribution in [0.4, 0.5) is 0 Å². The molecule has 0 radical (unpaired) electrons. The summed E-state index contributed by atoms with van der Waals surface area (Å²) in [4.78, 5) is 14.0. The van der Waals surface area contributed by atoms with Crippen molar-refractivity contribution in [1.29, 1.82) is 0 Å². The second kappa shape index (κ2) is 5.14. The highest BCUT2D eigenvalue weighted by molar-refractivity contribution is 5.93. The third kappa shape index (κ3) is 2.43. The number of aromatic nitrogens is 1. The van der Waals surface area contributed by atoms with E-state index in [0.717, 1.165) is 31.5 Å². The minimum absolute atomic E-state index is 0.0363. The molecule has 100 valence electrons. The van der Waals surface area contributed by atoms with Gasteiger partial charge in [0.15, 0.2) is 0 Å². The Kier molecular flexibility index (Phi) is 3.76. The maximum absolute atomic E-state index is 12.3. The van der Waals surface area contributed by atoms with Crippen LogP contribution in [0.3, 0.4) is 0 Å². The topological polar surface area (TPSA) is 45.5 Å². The lowest BCUT2D eigenvalue weighted by molar-refractivity contribution is -0.0863. The lowest BCUT2D eigenvalue weighted by atomic mass is 9.89. The molecule has 4 nitrogen and oxygen atoms in total. The fraction of sp³-hybridized carbons (Fsp3) is 0.643. The number of nitrogens with zero attached hydrogens (tertiary/aromatic N) is 2. The first-order chi connectivity index (χ1) is 8.59. The van der Waals surface area contributed by atoms with E-state index < -0.39 is 5.60 Å². The SMILES string of the molecule is CCCn1cccc1C(=O)N1CC(O)(CCC)C1. The zero-order valence-corrected chi connectivity index (χ0v) is 11.2. The summed E-state index contributed by atoms with van der Waals surface area (Å²) in [6, 6.07) is 3.76. The molecule has 0 atom stereocenters. The standard InChI is InChI=1S/C14H22N2O2/c1-3-7-14(18)10-16(11-14)13(17)12-6-5-9-15(12)8-4-2/h5-6,9,18H,3-4,7-8,10-11H2,1-2H3. The molecule has 1 aromatic rings. The van der Waals surface area contributed by atoms with Crippen LogP contribution in [0.25, 0.3) is 0 Å². The van der Waals surface area contributed by atoms with Crippen molar-refractivity contribution >= 4 is 5.91 Å². The van der Waals surface area contributed by atoms with Crippen LogP contribution < -0.4 is 0 Å². The highest BCUT2D eigenvalue weighted by Gasteiger charge is 2.43. The van der Waals surface area contributed by atoms with Crippen LogP contribution in [-0.2, 0) is 6.54 Å². The predicted octanol–water partition coefficient (Wildman–Crippen LogP) is 1.89. The first kappa shape index (κ1) is 13.1. The molecule has 0 aromatic carbocycles. The van der Waals surface area contributed by atoms with E-state index in [1.165, 1.54) is 0 Å². The lowest BCUT2D eigenvalue weighted by Gasteiger charge is -2.46. The first-order valence-corrected chi connectivity index (χ1v) is 6.76. The Bertz CT molecular complexity index is 419. The second-order valence-electron chi connectivity index (χ2n) is 5.22. The summed E-state index contributed by atoms with van der Waals surface area (Å²) in [5.41, 5.74) is 0.0856. The van der Waals surface area contributed by atoms with Gasteiger partial charge in [0.1, 0.15) is 5.69 Å². The largest absolute Gasteiger partial charge is 0.386 e. The van der Waals surface area contributed by atoms with Crippen molar-refractivity contribution in [2.75, 3.05) is 13.1 Å². The van der Waals surface area contributed by atoms with Crippen LogP contribution in [0, 0.1) is 0 Å². The molecule has 1 aliphatic heterocycles. The van der Waals surface area contributed by atoms with E-state index in [1.54, 1.807) is 4.90 Å². The second-order valence-corrected chi connectivity index (χ2v) is 5.22. The number of aryl methyl sites for hydroxylation is 1. The van der Waals surface area contributed by atoms with Crippen LogP contribution in [0.15, 0.2) is 18.3 Å². The zero-order valence-electron chi connectivity index (χ0n) is 11.2. The zero-order chi connectivity index (χ0) is 13.2. The van der Waals surface area contributed by atoms with Crippen LogP contribution in [-0.4, -0.2) is 39.2 Å². The van der Waals surface area contributed by atoms with E-state index in [0.29, 0.717) is 13.1 Å². The molecule has 1 N–H and O–H groups in total. The molecule has 1 fully saturated rings. The van der Waals surface area contributed by atoms with Gasteiger partial charge in [-0.15, -0.1) is 0 Å². The van der Waals surface area contributed by atoms with E-state index in [-0.39, 0.29) is 5.91 Å². The number of hydrogen-bond donors (Lipinski definition) is 1. The summed E-state index contributed by atoms with van der Waals surface area (Å²) in [6.45, 7) is 5.95.